The molecule has 2 aromatic heterocycles. The number of aryl methyl sites for hydroxylation is 1. The molecule has 0 aromatic carbocycles. The van der Waals surface area contributed by atoms with Crippen molar-refractivity contribution in [1.82, 2.24) is 35.7 Å². The van der Waals surface area contributed by atoms with E-state index < -0.39 is 47.7 Å². The number of hydrogen-bond donors (Lipinski definition) is 4. The summed E-state index contributed by atoms with van der Waals surface area (Å²) >= 11 is 2.43. The first-order valence-electron chi connectivity index (χ1n) is 10.3. The summed E-state index contributed by atoms with van der Waals surface area (Å²) in [5.41, 5.74) is 5.44. The van der Waals surface area contributed by atoms with Gasteiger partial charge in [-0.05, 0) is 40.3 Å². The smallest absolute Gasteiger partial charge is 0.352 e. The van der Waals surface area contributed by atoms with Crippen molar-refractivity contribution in [2.45, 2.75) is 36.1 Å². The standard InChI is InChI=1S/C19H20N8O6S2/c1-26-19(23-24-25-26)35-7-8-4-5-9-11(17(31)27(9)13(8)18(32)33)21-15(29)12(10-3-2-6-34-10)22-16(30)14(20)28/h2-3,6,9,11-12H,4-5,7H2,1H3,(H2,20,28)(H,21,29)(H,22,30)(H,32,33)/t9?,11-,12?/m1/s1. The number of tetrazole rings is 1. The van der Waals surface area contributed by atoms with Crippen molar-refractivity contribution in [1.29, 1.82) is 0 Å². The van der Waals surface area contributed by atoms with E-state index in [0.29, 0.717) is 28.4 Å². The maximum absolute atomic E-state index is 13.0. The molecule has 0 saturated carbocycles. The lowest BCUT2D eigenvalue weighted by Gasteiger charge is -2.50. The number of nitrogens with two attached hydrogens (primary N) is 1. The highest BCUT2D eigenvalue weighted by Crippen LogP contribution is 2.38. The summed E-state index contributed by atoms with van der Waals surface area (Å²) in [7, 11) is 1.66. The summed E-state index contributed by atoms with van der Waals surface area (Å²) in [6, 6.07) is 0.491. The van der Waals surface area contributed by atoms with Crippen LogP contribution in [0.2, 0.25) is 0 Å². The Kier molecular flexibility index (Phi) is 6.83. The van der Waals surface area contributed by atoms with Crippen LogP contribution < -0.4 is 16.4 Å². The van der Waals surface area contributed by atoms with E-state index in [-0.39, 0.29) is 11.4 Å². The van der Waals surface area contributed by atoms with Gasteiger partial charge in [0.2, 0.25) is 11.1 Å². The molecule has 35 heavy (non-hydrogen) atoms. The summed E-state index contributed by atoms with van der Waals surface area (Å²) in [6.45, 7) is 0. The number of thiophene rings is 1. The Labute approximate surface area is 205 Å². The van der Waals surface area contributed by atoms with E-state index >= 15 is 0 Å². The third-order valence-corrected chi connectivity index (χ3v) is 7.62. The number of rotatable bonds is 8. The number of fused-ring (bicyclic) bond motifs is 1. The van der Waals surface area contributed by atoms with Crippen LogP contribution in [0.3, 0.4) is 0 Å². The van der Waals surface area contributed by atoms with Crippen LogP contribution in [0, 0.1) is 0 Å². The fourth-order valence-corrected chi connectivity index (χ4v) is 5.61. The molecular formula is C19H20N8O6S2. The number of carbonyl (C=O) groups is 5. The van der Waals surface area contributed by atoms with Gasteiger partial charge in [0.1, 0.15) is 17.8 Å². The van der Waals surface area contributed by atoms with E-state index in [4.69, 9.17) is 5.73 Å². The number of carboxylic acid groups (broad SMARTS) is 1. The molecule has 0 spiro atoms. The molecule has 1 fully saturated rings. The van der Waals surface area contributed by atoms with Crippen molar-refractivity contribution in [3.63, 3.8) is 0 Å². The van der Waals surface area contributed by atoms with E-state index in [0.717, 1.165) is 0 Å². The lowest BCUT2D eigenvalue weighted by Crippen LogP contribution is -2.72. The number of nitrogens with one attached hydrogen (secondary N) is 2. The third kappa shape index (κ3) is 4.74. The van der Waals surface area contributed by atoms with Crippen LogP contribution in [-0.4, -0.2) is 77.6 Å². The SMILES string of the molecule is Cn1nnnc1SCC1=C(C(=O)O)N2C(=O)[C@H](NC(=O)C(NC(=O)C(N)=O)c3cccs3)C2CC1. The Balaban J connectivity index is 1.49. The number of carboxylic acids is 1. The highest BCUT2D eigenvalue weighted by atomic mass is 32.2. The minimum Gasteiger partial charge on any atom is -0.477 e. The van der Waals surface area contributed by atoms with Gasteiger partial charge < -0.3 is 21.5 Å². The maximum Gasteiger partial charge on any atom is 0.352 e. The summed E-state index contributed by atoms with van der Waals surface area (Å²) in [4.78, 5) is 62.5. The van der Waals surface area contributed by atoms with Gasteiger partial charge in [0.15, 0.2) is 0 Å². The van der Waals surface area contributed by atoms with E-state index in [1.165, 1.54) is 32.7 Å². The first-order valence-corrected chi connectivity index (χ1v) is 12.1. The van der Waals surface area contributed by atoms with E-state index in [2.05, 4.69) is 26.2 Å². The van der Waals surface area contributed by atoms with Crippen molar-refractivity contribution >= 4 is 52.7 Å². The average molecular weight is 521 g/mol. The molecule has 2 aromatic rings. The highest BCUT2D eigenvalue weighted by Gasteiger charge is 2.53. The molecule has 2 aliphatic heterocycles. The Morgan fingerprint density at radius 2 is 2.14 bits per heavy atom. The van der Waals surface area contributed by atoms with Gasteiger partial charge in [-0.3, -0.25) is 24.1 Å². The predicted octanol–water partition coefficient (Wildman–Crippen LogP) is -1.47. The molecular weight excluding hydrogens is 500 g/mol. The van der Waals surface area contributed by atoms with Crippen LogP contribution in [0.4, 0.5) is 0 Å². The van der Waals surface area contributed by atoms with Gasteiger partial charge in [0, 0.05) is 17.7 Å². The molecule has 3 atom stereocenters. The third-order valence-electron chi connectivity index (χ3n) is 5.58. The van der Waals surface area contributed by atoms with Crippen LogP contribution in [0.15, 0.2) is 33.9 Å². The van der Waals surface area contributed by atoms with Crippen LogP contribution in [0.25, 0.3) is 0 Å². The number of aliphatic carboxylic acids is 1. The number of β-lactam (4-membered cyclic amide) rings is 1. The largest absolute Gasteiger partial charge is 0.477 e. The van der Waals surface area contributed by atoms with Crippen LogP contribution in [0.1, 0.15) is 23.8 Å². The number of nitrogens with zero attached hydrogens (tertiary/aromatic N) is 5. The molecule has 5 N–H and O–H groups in total. The lowest BCUT2D eigenvalue weighted by atomic mass is 9.83. The molecule has 4 rings (SSSR count). The predicted molar refractivity (Wildman–Crippen MR) is 120 cm³/mol. The number of primary amides is 1. The van der Waals surface area contributed by atoms with Gasteiger partial charge in [0.25, 0.3) is 5.91 Å². The lowest BCUT2D eigenvalue weighted by molar-refractivity contribution is -0.156. The second-order valence-electron chi connectivity index (χ2n) is 7.72. The number of aromatic nitrogens is 4. The van der Waals surface area contributed by atoms with Gasteiger partial charge in [0.05, 0.1) is 6.04 Å². The molecule has 0 aliphatic carbocycles. The summed E-state index contributed by atoms with van der Waals surface area (Å²) in [5.74, 6) is -4.65. The van der Waals surface area contributed by atoms with Crippen molar-refractivity contribution < 1.29 is 29.1 Å². The second kappa shape index (κ2) is 9.83. The Morgan fingerprint density at radius 3 is 2.74 bits per heavy atom. The molecule has 2 aliphatic rings. The fraction of sp³-hybridized carbons (Fsp3) is 0.368. The Morgan fingerprint density at radius 1 is 1.37 bits per heavy atom. The molecule has 0 radical (unpaired) electrons. The average Bonchev–Trinajstić information content (AvgIpc) is 3.50. The monoisotopic (exact) mass is 520 g/mol. The van der Waals surface area contributed by atoms with Crippen molar-refractivity contribution in [2.75, 3.05) is 5.75 Å². The van der Waals surface area contributed by atoms with E-state index in [1.807, 2.05) is 0 Å². The number of hydrogen-bond acceptors (Lipinski definition) is 10. The molecule has 1 saturated heterocycles. The fourth-order valence-electron chi connectivity index (χ4n) is 3.94. The Bertz CT molecular complexity index is 1230. The Hall–Kier alpha value is -3.79. The van der Waals surface area contributed by atoms with Crippen LogP contribution >= 0.6 is 23.1 Å². The van der Waals surface area contributed by atoms with Crippen LogP contribution in [-0.2, 0) is 31.0 Å². The molecule has 4 heterocycles. The van der Waals surface area contributed by atoms with Gasteiger partial charge in [-0.15, -0.1) is 16.4 Å². The van der Waals surface area contributed by atoms with Crippen LogP contribution in [0.5, 0.6) is 0 Å². The number of amides is 4. The van der Waals surface area contributed by atoms with Crippen molar-refractivity contribution in [3.05, 3.63) is 33.7 Å². The van der Waals surface area contributed by atoms with E-state index in [1.54, 1.807) is 24.6 Å². The zero-order valence-corrected chi connectivity index (χ0v) is 19.8. The highest BCUT2D eigenvalue weighted by molar-refractivity contribution is 7.99. The first kappa shape index (κ1) is 24.3. The minimum atomic E-state index is -1.25. The molecule has 4 amide bonds. The van der Waals surface area contributed by atoms with Gasteiger partial charge >= 0.3 is 17.8 Å². The zero-order chi connectivity index (χ0) is 25.3. The quantitative estimate of drug-likeness (QED) is 0.181. The number of carbonyl (C=O) groups excluding carboxylic acids is 4. The molecule has 2 unspecified atom stereocenters. The molecule has 184 valence electrons. The van der Waals surface area contributed by atoms with Crippen molar-refractivity contribution in [2.24, 2.45) is 12.8 Å². The summed E-state index contributed by atoms with van der Waals surface area (Å²) < 4.78 is 1.46. The van der Waals surface area contributed by atoms with Gasteiger partial charge in [-0.1, -0.05) is 17.8 Å². The van der Waals surface area contributed by atoms with Gasteiger partial charge in [-0.25, -0.2) is 9.48 Å². The summed E-state index contributed by atoms with van der Waals surface area (Å²) in [5, 5.41) is 28.0. The first-order chi connectivity index (χ1) is 16.7. The van der Waals surface area contributed by atoms with Gasteiger partial charge in [-0.2, -0.15) is 0 Å². The minimum absolute atomic E-state index is 0.115. The summed E-state index contributed by atoms with van der Waals surface area (Å²) in [6.07, 6.45) is 0.825. The van der Waals surface area contributed by atoms with Crippen molar-refractivity contribution in [3.8, 4) is 0 Å². The number of thioether (sulfide) groups is 1. The topological polar surface area (TPSA) is 202 Å². The molecule has 0 bridgehead atoms. The maximum atomic E-state index is 13.0. The molecule has 14 nitrogen and oxygen atoms in total. The second-order valence-corrected chi connectivity index (χ2v) is 9.64. The molecule has 16 heteroatoms. The van der Waals surface area contributed by atoms with E-state index in [9.17, 15) is 29.1 Å². The normalized spacial score (nSPS) is 20.0. The zero-order valence-electron chi connectivity index (χ0n) is 18.2.